The summed E-state index contributed by atoms with van der Waals surface area (Å²) in [5, 5.41) is 7.23. The van der Waals surface area contributed by atoms with Crippen molar-refractivity contribution >= 4 is 43.5 Å². The van der Waals surface area contributed by atoms with Gasteiger partial charge in [-0.05, 0) is 102 Å². The Kier molecular flexibility index (Phi) is 5.89. The van der Waals surface area contributed by atoms with Crippen molar-refractivity contribution in [1.82, 2.24) is 0 Å². The monoisotopic (exact) mass is 572 g/mol. The van der Waals surface area contributed by atoms with Gasteiger partial charge in [-0.1, -0.05) is 133 Å². The van der Waals surface area contributed by atoms with Gasteiger partial charge in [0.05, 0.1) is 0 Å². The SMILES string of the molecule is c1ccc(-c2cc(-c3ccccc3)cc(-c3c4ccccc4c(-c4ccc5c(c4)oc4ccccc45)c4ccccc34)c2)cc1. The highest BCUT2D eigenvalue weighted by atomic mass is 16.3. The molecule has 0 saturated carbocycles. The molecule has 0 aliphatic rings. The topological polar surface area (TPSA) is 13.1 Å². The lowest BCUT2D eigenvalue weighted by atomic mass is 9.84. The summed E-state index contributed by atoms with van der Waals surface area (Å²) in [6.07, 6.45) is 0. The Hall–Kier alpha value is -5.92. The van der Waals surface area contributed by atoms with Crippen LogP contribution < -0.4 is 0 Å². The summed E-state index contributed by atoms with van der Waals surface area (Å²) in [6, 6.07) is 61.1. The third kappa shape index (κ3) is 4.24. The van der Waals surface area contributed by atoms with Crippen LogP contribution in [0.2, 0.25) is 0 Å². The summed E-state index contributed by atoms with van der Waals surface area (Å²) in [5.74, 6) is 0. The Morgan fingerprint density at radius 2 is 0.667 bits per heavy atom. The zero-order valence-electron chi connectivity index (χ0n) is 24.6. The van der Waals surface area contributed by atoms with Crippen molar-refractivity contribution in [1.29, 1.82) is 0 Å². The number of furan rings is 1. The molecule has 8 aromatic carbocycles. The normalized spacial score (nSPS) is 11.6. The van der Waals surface area contributed by atoms with Gasteiger partial charge in [-0.25, -0.2) is 0 Å². The molecule has 0 radical (unpaired) electrons. The molecule has 45 heavy (non-hydrogen) atoms. The zero-order valence-corrected chi connectivity index (χ0v) is 24.6. The van der Waals surface area contributed by atoms with Crippen LogP contribution >= 0.6 is 0 Å². The van der Waals surface area contributed by atoms with Crippen molar-refractivity contribution in [3.8, 4) is 44.5 Å². The third-order valence-electron chi connectivity index (χ3n) is 9.03. The fourth-order valence-corrected chi connectivity index (χ4v) is 7.00. The van der Waals surface area contributed by atoms with E-state index in [4.69, 9.17) is 4.42 Å². The molecule has 0 spiro atoms. The molecular weight excluding hydrogens is 544 g/mol. The lowest BCUT2D eigenvalue weighted by Crippen LogP contribution is -1.92. The Labute approximate surface area is 261 Å². The van der Waals surface area contributed by atoms with E-state index in [0.29, 0.717) is 0 Å². The van der Waals surface area contributed by atoms with E-state index in [0.717, 1.165) is 27.5 Å². The van der Waals surface area contributed by atoms with Gasteiger partial charge in [0.15, 0.2) is 0 Å². The van der Waals surface area contributed by atoms with Crippen LogP contribution in [0, 0.1) is 0 Å². The van der Waals surface area contributed by atoms with E-state index in [2.05, 4.69) is 158 Å². The van der Waals surface area contributed by atoms with Crippen molar-refractivity contribution < 1.29 is 4.42 Å². The quantitative estimate of drug-likeness (QED) is 0.191. The van der Waals surface area contributed by atoms with E-state index >= 15 is 0 Å². The molecule has 0 N–H and O–H groups in total. The summed E-state index contributed by atoms with van der Waals surface area (Å²) < 4.78 is 6.34. The van der Waals surface area contributed by atoms with Crippen LogP contribution in [0.5, 0.6) is 0 Å². The molecule has 1 nitrogen and oxygen atoms in total. The summed E-state index contributed by atoms with van der Waals surface area (Å²) >= 11 is 0. The largest absolute Gasteiger partial charge is 0.456 e. The summed E-state index contributed by atoms with van der Waals surface area (Å²) in [6.45, 7) is 0. The molecule has 0 amide bonds. The Balaban J connectivity index is 1.35. The first kappa shape index (κ1) is 25.6. The average molecular weight is 573 g/mol. The van der Waals surface area contributed by atoms with Gasteiger partial charge in [0.1, 0.15) is 11.2 Å². The van der Waals surface area contributed by atoms with Gasteiger partial charge < -0.3 is 4.42 Å². The van der Waals surface area contributed by atoms with Crippen molar-refractivity contribution in [2.75, 3.05) is 0 Å². The average Bonchev–Trinajstić information content (AvgIpc) is 3.49. The Bertz CT molecular complexity index is 2410. The smallest absolute Gasteiger partial charge is 0.136 e. The maximum absolute atomic E-state index is 6.34. The van der Waals surface area contributed by atoms with E-state index in [9.17, 15) is 0 Å². The molecule has 9 rings (SSSR count). The van der Waals surface area contributed by atoms with Gasteiger partial charge in [0.2, 0.25) is 0 Å². The van der Waals surface area contributed by atoms with Crippen LogP contribution in [-0.4, -0.2) is 0 Å². The second-order valence-corrected chi connectivity index (χ2v) is 11.7. The maximum atomic E-state index is 6.34. The number of para-hydroxylation sites is 1. The molecule has 0 bridgehead atoms. The fraction of sp³-hybridized carbons (Fsp3) is 0. The molecule has 1 heteroatoms. The molecule has 0 aliphatic carbocycles. The minimum absolute atomic E-state index is 0.911. The number of rotatable bonds is 4. The highest BCUT2D eigenvalue weighted by Crippen LogP contribution is 2.46. The lowest BCUT2D eigenvalue weighted by Gasteiger charge is -2.19. The van der Waals surface area contributed by atoms with Crippen molar-refractivity contribution in [3.63, 3.8) is 0 Å². The van der Waals surface area contributed by atoms with E-state index in [1.807, 2.05) is 12.1 Å². The first-order chi connectivity index (χ1) is 22.3. The van der Waals surface area contributed by atoms with Crippen molar-refractivity contribution in [2.24, 2.45) is 0 Å². The number of hydrogen-bond acceptors (Lipinski definition) is 1. The van der Waals surface area contributed by atoms with Crippen LogP contribution in [0.3, 0.4) is 0 Å². The van der Waals surface area contributed by atoms with Gasteiger partial charge in [0, 0.05) is 10.8 Å². The van der Waals surface area contributed by atoms with E-state index in [1.54, 1.807) is 0 Å². The second kappa shape index (κ2) is 10.4. The number of benzene rings is 8. The molecule has 1 heterocycles. The third-order valence-corrected chi connectivity index (χ3v) is 9.03. The summed E-state index contributed by atoms with van der Waals surface area (Å²) in [5.41, 5.74) is 11.5. The minimum atomic E-state index is 0.911. The fourth-order valence-electron chi connectivity index (χ4n) is 7.00. The first-order valence-corrected chi connectivity index (χ1v) is 15.4. The molecule has 210 valence electrons. The molecule has 0 atom stereocenters. The van der Waals surface area contributed by atoms with Crippen LogP contribution in [0.25, 0.3) is 88.0 Å². The molecule has 0 fully saturated rings. The second-order valence-electron chi connectivity index (χ2n) is 11.7. The Morgan fingerprint density at radius 1 is 0.244 bits per heavy atom. The molecular formula is C44H28O. The predicted octanol–water partition coefficient (Wildman–Crippen LogP) is 12.6. The predicted molar refractivity (Wildman–Crippen MR) is 190 cm³/mol. The first-order valence-electron chi connectivity index (χ1n) is 15.4. The molecule has 0 unspecified atom stereocenters. The van der Waals surface area contributed by atoms with Gasteiger partial charge >= 0.3 is 0 Å². The molecule has 1 aromatic heterocycles. The maximum Gasteiger partial charge on any atom is 0.136 e. The number of hydrogen-bond donors (Lipinski definition) is 0. The highest BCUT2D eigenvalue weighted by Gasteiger charge is 2.19. The van der Waals surface area contributed by atoms with Crippen LogP contribution in [0.1, 0.15) is 0 Å². The molecule has 0 aliphatic heterocycles. The van der Waals surface area contributed by atoms with Crippen LogP contribution in [0.15, 0.2) is 174 Å². The highest BCUT2D eigenvalue weighted by molar-refractivity contribution is 6.22. The zero-order chi connectivity index (χ0) is 29.7. The summed E-state index contributed by atoms with van der Waals surface area (Å²) in [7, 11) is 0. The van der Waals surface area contributed by atoms with Crippen LogP contribution in [-0.2, 0) is 0 Å². The minimum Gasteiger partial charge on any atom is -0.456 e. The van der Waals surface area contributed by atoms with Crippen molar-refractivity contribution in [3.05, 3.63) is 170 Å². The Morgan fingerprint density at radius 3 is 1.22 bits per heavy atom. The van der Waals surface area contributed by atoms with Gasteiger partial charge in [-0.3, -0.25) is 0 Å². The van der Waals surface area contributed by atoms with Gasteiger partial charge in [0.25, 0.3) is 0 Å². The standard InChI is InChI=1S/C44H28O/c1-3-13-29(14-4-1)32-25-33(30-15-5-2-6-16-30)27-34(26-32)44-39-20-9-7-18-37(39)43(38-19-8-10-21-40(38)44)31-23-24-36-35-17-11-12-22-41(35)45-42(36)28-31/h1-28H. The molecule has 9 aromatic rings. The van der Waals surface area contributed by atoms with Crippen LogP contribution in [0.4, 0.5) is 0 Å². The van der Waals surface area contributed by atoms with Crippen molar-refractivity contribution in [2.45, 2.75) is 0 Å². The summed E-state index contributed by atoms with van der Waals surface area (Å²) in [4.78, 5) is 0. The lowest BCUT2D eigenvalue weighted by molar-refractivity contribution is 0.669. The van der Waals surface area contributed by atoms with Gasteiger partial charge in [-0.2, -0.15) is 0 Å². The van der Waals surface area contributed by atoms with E-state index in [1.165, 1.54) is 60.5 Å². The van der Waals surface area contributed by atoms with E-state index in [-0.39, 0.29) is 0 Å². The van der Waals surface area contributed by atoms with Gasteiger partial charge in [-0.15, -0.1) is 0 Å². The number of fused-ring (bicyclic) bond motifs is 5. The molecule has 0 saturated heterocycles. The van der Waals surface area contributed by atoms with E-state index < -0.39 is 0 Å².